The number of halogens is 2. The first-order valence-electron chi connectivity index (χ1n) is 7.86. The highest BCUT2D eigenvalue weighted by atomic mass is 35.5. The zero-order valence-corrected chi connectivity index (χ0v) is 15.2. The molecule has 132 valence electrons. The average molecular weight is 381 g/mol. The number of hydrogen-bond donors (Lipinski definition) is 1. The van der Waals surface area contributed by atoms with Crippen LogP contribution in [0, 0.1) is 5.41 Å². The summed E-state index contributed by atoms with van der Waals surface area (Å²) in [6, 6.07) is 12.5. The fourth-order valence-electron chi connectivity index (χ4n) is 2.67. The van der Waals surface area contributed by atoms with Gasteiger partial charge in [0.25, 0.3) is 0 Å². The third-order valence-electron chi connectivity index (χ3n) is 4.34. The maximum atomic E-state index is 12.9. The molecule has 1 heterocycles. The van der Waals surface area contributed by atoms with Crippen molar-refractivity contribution in [3.63, 3.8) is 0 Å². The van der Waals surface area contributed by atoms with Gasteiger partial charge in [-0.25, -0.2) is 0 Å². The van der Waals surface area contributed by atoms with E-state index in [1.54, 1.807) is 31.2 Å². The fourth-order valence-corrected chi connectivity index (χ4v) is 3.36. The van der Waals surface area contributed by atoms with Gasteiger partial charge in [-0.3, -0.25) is 9.59 Å². The smallest absolute Gasteiger partial charge is 0.244 e. The molecule has 5 nitrogen and oxygen atoms in total. The van der Waals surface area contributed by atoms with Gasteiger partial charge in [0.15, 0.2) is 0 Å². The van der Waals surface area contributed by atoms with Crippen molar-refractivity contribution in [1.29, 1.82) is 0 Å². The van der Waals surface area contributed by atoms with Crippen molar-refractivity contribution >= 4 is 40.7 Å². The summed E-state index contributed by atoms with van der Waals surface area (Å²) in [6.07, 6.45) is 1.88. The number of hydrogen-bond acceptors (Lipinski definition) is 3. The van der Waals surface area contributed by atoms with Gasteiger partial charge in [0.1, 0.15) is 16.6 Å². The minimum Gasteiger partial charge on any atom is -0.467 e. The van der Waals surface area contributed by atoms with Gasteiger partial charge in [-0.05, 0) is 37.6 Å². The van der Waals surface area contributed by atoms with Crippen LogP contribution in [0.1, 0.15) is 19.1 Å². The number of furan rings is 1. The SMILES string of the molecule is C[C@]1(C(=O)N(CC(=O)Nc2ccccc2)Cc2ccco2)CC1(Cl)Cl. The molecule has 1 aliphatic rings. The second-order valence-corrected chi connectivity index (χ2v) is 7.85. The predicted octanol–water partition coefficient (Wildman–Crippen LogP) is 3.83. The lowest BCUT2D eigenvalue weighted by atomic mass is 10.1. The molecule has 0 unspecified atom stereocenters. The van der Waals surface area contributed by atoms with E-state index in [2.05, 4.69) is 5.32 Å². The van der Waals surface area contributed by atoms with E-state index in [0.717, 1.165) is 0 Å². The Bertz CT molecular complexity index is 762. The summed E-state index contributed by atoms with van der Waals surface area (Å²) in [6.45, 7) is 1.76. The van der Waals surface area contributed by atoms with Crippen LogP contribution >= 0.6 is 23.2 Å². The van der Waals surface area contributed by atoms with Crippen LogP contribution in [0.4, 0.5) is 5.69 Å². The van der Waals surface area contributed by atoms with E-state index in [0.29, 0.717) is 17.9 Å². The number of para-hydroxylation sites is 1. The van der Waals surface area contributed by atoms with Crippen LogP contribution in [-0.4, -0.2) is 27.6 Å². The highest BCUT2D eigenvalue weighted by molar-refractivity contribution is 6.53. The van der Waals surface area contributed by atoms with Crippen molar-refractivity contribution in [1.82, 2.24) is 4.90 Å². The Morgan fingerprint density at radius 1 is 1.20 bits per heavy atom. The monoisotopic (exact) mass is 380 g/mol. The second-order valence-electron chi connectivity index (χ2n) is 6.37. The normalized spacial score (nSPS) is 20.8. The number of nitrogens with zero attached hydrogens (tertiary/aromatic N) is 1. The molecule has 0 aliphatic heterocycles. The summed E-state index contributed by atoms with van der Waals surface area (Å²) < 4.78 is 4.21. The molecule has 1 saturated carbocycles. The molecule has 0 saturated heterocycles. The average Bonchev–Trinajstić information content (AvgIpc) is 2.92. The molecule has 0 spiro atoms. The van der Waals surface area contributed by atoms with E-state index in [4.69, 9.17) is 27.6 Å². The van der Waals surface area contributed by atoms with E-state index in [-0.39, 0.29) is 24.9 Å². The number of rotatable bonds is 6. The summed E-state index contributed by atoms with van der Waals surface area (Å²) in [7, 11) is 0. The number of carbonyl (C=O) groups excluding carboxylic acids is 2. The van der Waals surface area contributed by atoms with Gasteiger partial charge in [0.2, 0.25) is 11.8 Å². The van der Waals surface area contributed by atoms with Gasteiger partial charge >= 0.3 is 0 Å². The molecule has 1 aromatic heterocycles. The van der Waals surface area contributed by atoms with Gasteiger partial charge in [0.05, 0.1) is 18.2 Å². The molecule has 1 aromatic carbocycles. The standard InChI is InChI=1S/C18H18Cl2N2O3/c1-17(12-18(17,19)20)16(24)22(10-14-8-5-9-25-14)11-15(23)21-13-6-3-2-4-7-13/h2-9H,10-12H2,1H3,(H,21,23)/t17-/m1/s1. The van der Waals surface area contributed by atoms with Crippen molar-refractivity contribution in [2.24, 2.45) is 5.41 Å². The Morgan fingerprint density at radius 2 is 1.88 bits per heavy atom. The van der Waals surface area contributed by atoms with Crippen LogP contribution in [0.15, 0.2) is 53.1 Å². The van der Waals surface area contributed by atoms with Crippen molar-refractivity contribution in [2.45, 2.75) is 24.2 Å². The molecule has 2 amide bonds. The summed E-state index contributed by atoms with van der Waals surface area (Å²) in [5, 5.41) is 2.77. The minimum atomic E-state index is -1.10. The minimum absolute atomic E-state index is 0.117. The van der Waals surface area contributed by atoms with Gasteiger partial charge in [-0.15, -0.1) is 23.2 Å². The van der Waals surface area contributed by atoms with E-state index in [1.165, 1.54) is 11.2 Å². The summed E-state index contributed by atoms with van der Waals surface area (Å²) >= 11 is 12.3. The molecule has 7 heteroatoms. The maximum absolute atomic E-state index is 12.9. The molecule has 1 N–H and O–H groups in total. The van der Waals surface area contributed by atoms with E-state index in [9.17, 15) is 9.59 Å². The second kappa shape index (κ2) is 6.73. The van der Waals surface area contributed by atoms with Crippen molar-refractivity contribution in [3.8, 4) is 0 Å². The molecule has 1 fully saturated rings. The maximum Gasteiger partial charge on any atom is 0.244 e. The molecule has 25 heavy (non-hydrogen) atoms. The molecule has 1 aliphatic carbocycles. The number of anilines is 1. The predicted molar refractivity (Wildman–Crippen MR) is 96.4 cm³/mol. The molecule has 2 aromatic rings. The molecular formula is C18H18Cl2N2O3. The van der Waals surface area contributed by atoms with Crippen LogP contribution in [0.3, 0.4) is 0 Å². The summed E-state index contributed by atoms with van der Waals surface area (Å²) in [5.74, 6) is 0.0158. The molecule has 1 atom stereocenters. The number of carbonyl (C=O) groups is 2. The van der Waals surface area contributed by atoms with Gasteiger partial charge in [-0.2, -0.15) is 0 Å². The number of nitrogens with one attached hydrogen (secondary N) is 1. The van der Waals surface area contributed by atoms with E-state index >= 15 is 0 Å². The molecule has 0 bridgehead atoms. The third kappa shape index (κ3) is 3.83. The van der Waals surface area contributed by atoms with Crippen molar-refractivity contribution in [3.05, 3.63) is 54.5 Å². The topological polar surface area (TPSA) is 62.6 Å². The quantitative estimate of drug-likeness (QED) is 0.774. The summed E-state index contributed by atoms with van der Waals surface area (Å²) in [4.78, 5) is 26.7. The first-order valence-corrected chi connectivity index (χ1v) is 8.62. The van der Waals surface area contributed by atoms with Gasteiger partial charge in [-0.1, -0.05) is 18.2 Å². The third-order valence-corrected chi connectivity index (χ3v) is 5.44. The molecule has 3 rings (SSSR count). The van der Waals surface area contributed by atoms with Crippen LogP contribution in [0.5, 0.6) is 0 Å². The zero-order valence-electron chi connectivity index (χ0n) is 13.7. The van der Waals surface area contributed by atoms with Gasteiger partial charge < -0.3 is 14.6 Å². The Morgan fingerprint density at radius 3 is 2.44 bits per heavy atom. The zero-order chi connectivity index (χ0) is 18.1. The van der Waals surface area contributed by atoms with Crippen molar-refractivity contribution in [2.75, 3.05) is 11.9 Å². The number of benzene rings is 1. The van der Waals surface area contributed by atoms with Crippen LogP contribution in [0.25, 0.3) is 0 Å². The Hall–Kier alpha value is -1.98. The lowest BCUT2D eigenvalue weighted by molar-refractivity contribution is -0.140. The summed E-state index contributed by atoms with van der Waals surface area (Å²) in [5.41, 5.74) is -0.227. The van der Waals surface area contributed by atoms with Crippen LogP contribution in [0.2, 0.25) is 0 Å². The molecular weight excluding hydrogens is 363 g/mol. The van der Waals surface area contributed by atoms with E-state index in [1.807, 2.05) is 18.2 Å². The lowest BCUT2D eigenvalue weighted by Gasteiger charge is -2.25. The Labute approximate surface area is 155 Å². The van der Waals surface area contributed by atoms with Crippen LogP contribution in [-0.2, 0) is 16.1 Å². The van der Waals surface area contributed by atoms with Crippen LogP contribution < -0.4 is 5.32 Å². The highest BCUT2D eigenvalue weighted by Gasteiger charge is 2.68. The highest BCUT2D eigenvalue weighted by Crippen LogP contribution is 2.64. The first kappa shape index (κ1) is 17.8. The lowest BCUT2D eigenvalue weighted by Crippen LogP contribution is -2.42. The number of amides is 2. The molecule has 0 radical (unpaired) electrons. The van der Waals surface area contributed by atoms with Gasteiger partial charge in [0, 0.05) is 5.69 Å². The Balaban J connectivity index is 1.72. The van der Waals surface area contributed by atoms with E-state index < -0.39 is 9.75 Å². The Kier molecular flexibility index (Phi) is 4.80. The van der Waals surface area contributed by atoms with Crippen molar-refractivity contribution < 1.29 is 14.0 Å². The number of alkyl halides is 2. The first-order chi connectivity index (χ1) is 11.8. The largest absolute Gasteiger partial charge is 0.467 e. The fraction of sp³-hybridized carbons (Fsp3) is 0.333.